The molecule has 3 amide bonds. The van der Waals surface area contributed by atoms with Crippen molar-refractivity contribution >= 4 is 36.5 Å². The third kappa shape index (κ3) is 11.8. The van der Waals surface area contributed by atoms with Gasteiger partial charge in [-0.15, -0.1) is 0 Å². The number of benzene rings is 2. The van der Waals surface area contributed by atoms with Gasteiger partial charge in [-0.2, -0.15) is 12.6 Å². The zero-order valence-corrected chi connectivity index (χ0v) is 27.9. The smallest absolute Gasteiger partial charge is 0.408 e. The van der Waals surface area contributed by atoms with Crippen LogP contribution in [0.1, 0.15) is 69.8 Å². The zero-order valence-electron chi connectivity index (χ0n) is 27.0. The molecule has 0 saturated heterocycles. The number of carbonyl (C=O) groups excluding carboxylic acids is 4. The van der Waals surface area contributed by atoms with Gasteiger partial charge in [0.2, 0.25) is 11.8 Å². The number of nitrogens with zero attached hydrogens (tertiary/aromatic N) is 1. The van der Waals surface area contributed by atoms with Crippen LogP contribution in [0.25, 0.3) is 0 Å². The lowest BCUT2D eigenvalue weighted by Gasteiger charge is -2.35. The van der Waals surface area contributed by atoms with Gasteiger partial charge in [-0.3, -0.25) is 9.59 Å². The summed E-state index contributed by atoms with van der Waals surface area (Å²) in [4.78, 5) is 55.3. The van der Waals surface area contributed by atoms with E-state index in [4.69, 9.17) is 9.47 Å². The van der Waals surface area contributed by atoms with E-state index in [9.17, 15) is 24.3 Å². The van der Waals surface area contributed by atoms with Gasteiger partial charge in [0, 0.05) is 18.7 Å². The van der Waals surface area contributed by atoms with Crippen LogP contribution in [0.15, 0.2) is 48.5 Å². The molecular weight excluding hydrogens is 582 g/mol. The summed E-state index contributed by atoms with van der Waals surface area (Å²) < 4.78 is 11.0. The average molecular weight is 630 g/mol. The maximum atomic E-state index is 14.3. The van der Waals surface area contributed by atoms with Crippen molar-refractivity contribution < 1.29 is 33.8 Å². The quantitative estimate of drug-likeness (QED) is 0.206. The number of hydrogen-bond donors (Lipinski definition) is 4. The fourth-order valence-electron chi connectivity index (χ4n) is 4.62. The molecule has 2 rings (SSSR count). The lowest BCUT2D eigenvalue weighted by molar-refractivity contribution is -0.159. The SMILES string of the molecule is Cc1cc(C)cc(C(C(=O)NC(Cc2ccccc2)C(=O)OC(C)(C)C)N(CCO)C(=O)C(CS)NC(=O)OC(C)(C)C)c1. The van der Waals surface area contributed by atoms with E-state index in [0.717, 1.165) is 16.7 Å². The lowest BCUT2D eigenvalue weighted by atomic mass is 9.97. The number of carbonyl (C=O) groups is 4. The molecule has 3 N–H and O–H groups in total. The van der Waals surface area contributed by atoms with Crippen LogP contribution in [0.2, 0.25) is 0 Å². The molecule has 44 heavy (non-hydrogen) atoms. The molecule has 0 aromatic heterocycles. The monoisotopic (exact) mass is 629 g/mol. The first-order chi connectivity index (χ1) is 20.4. The molecular formula is C33H47N3O7S. The first-order valence-electron chi connectivity index (χ1n) is 14.6. The standard InChI is InChI=1S/C33H47N3O7S/c1-21-16-22(2)18-24(17-21)27(36(14-15-37)29(39)26(20-44)35-31(41)43-33(6,7)8)28(38)34-25(30(40)42-32(3,4)5)19-23-12-10-9-11-13-23/h9-13,16-18,25-27,37,44H,14-15,19-20H2,1-8H3,(H,34,38)(H,35,41). The van der Waals surface area contributed by atoms with Crippen molar-refractivity contribution in [2.45, 2.75) is 91.1 Å². The van der Waals surface area contributed by atoms with Gasteiger partial charge in [0.25, 0.3) is 0 Å². The number of ether oxygens (including phenoxy) is 2. The highest BCUT2D eigenvalue weighted by atomic mass is 32.1. The molecule has 11 heteroatoms. The highest BCUT2D eigenvalue weighted by Crippen LogP contribution is 2.26. The highest BCUT2D eigenvalue weighted by Gasteiger charge is 2.38. The Hall–Kier alpha value is -3.57. The lowest BCUT2D eigenvalue weighted by Crippen LogP contribution is -2.56. The van der Waals surface area contributed by atoms with Gasteiger partial charge >= 0.3 is 12.1 Å². The zero-order chi connectivity index (χ0) is 33.2. The van der Waals surface area contributed by atoms with Crippen LogP contribution in [0, 0.1) is 13.8 Å². The number of nitrogens with one attached hydrogen (secondary N) is 2. The maximum absolute atomic E-state index is 14.3. The number of aliphatic hydroxyl groups excluding tert-OH is 1. The largest absolute Gasteiger partial charge is 0.458 e. The van der Waals surface area contributed by atoms with E-state index in [1.165, 1.54) is 4.90 Å². The second kappa shape index (κ2) is 15.9. The van der Waals surface area contributed by atoms with Crippen molar-refractivity contribution in [2.24, 2.45) is 0 Å². The summed E-state index contributed by atoms with van der Waals surface area (Å²) in [6.07, 6.45) is -0.678. The van der Waals surface area contributed by atoms with E-state index >= 15 is 0 Å². The number of aliphatic hydroxyl groups is 1. The minimum Gasteiger partial charge on any atom is -0.458 e. The van der Waals surface area contributed by atoms with E-state index < -0.39 is 59.8 Å². The topological polar surface area (TPSA) is 134 Å². The highest BCUT2D eigenvalue weighted by molar-refractivity contribution is 7.80. The second-order valence-electron chi connectivity index (χ2n) is 12.7. The molecule has 0 aliphatic carbocycles. The van der Waals surface area contributed by atoms with Crippen molar-refractivity contribution in [1.29, 1.82) is 0 Å². The minimum absolute atomic E-state index is 0.101. The summed E-state index contributed by atoms with van der Waals surface area (Å²) >= 11 is 4.28. The summed E-state index contributed by atoms with van der Waals surface area (Å²) in [5, 5.41) is 15.4. The first kappa shape index (κ1) is 36.6. The normalized spacial score (nSPS) is 13.7. The van der Waals surface area contributed by atoms with Crippen molar-refractivity contribution in [1.82, 2.24) is 15.5 Å². The Morgan fingerprint density at radius 3 is 1.93 bits per heavy atom. The summed E-state index contributed by atoms with van der Waals surface area (Å²) in [5.74, 6) is -2.04. The minimum atomic E-state index is -1.27. The number of rotatable bonds is 12. The van der Waals surface area contributed by atoms with E-state index in [-0.39, 0.29) is 18.7 Å². The Bertz CT molecular complexity index is 1270. The van der Waals surface area contributed by atoms with Gasteiger partial charge in [-0.1, -0.05) is 59.7 Å². The van der Waals surface area contributed by atoms with Gasteiger partial charge in [0.15, 0.2) is 0 Å². The maximum Gasteiger partial charge on any atom is 0.408 e. The summed E-state index contributed by atoms with van der Waals surface area (Å²) in [5.41, 5.74) is 1.34. The van der Waals surface area contributed by atoms with Gasteiger partial charge < -0.3 is 30.1 Å². The second-order valence-corrected chi connectivity index (χ2v) is 13.1. The molecule has 0 spiro atoms. The van der Waals surface area contributed by atoms with Crippen molar-refractivity contribution in [3.05, 3.63) is 70.8 Å². The van der Waals surface area contributed by atoms with E-state index in [2.05, 4.69) is 23.3 Å². The van der Waals surface area contributed by atoms with Crippen molar-refractivity contribution in [2.75, 3.05) is 18.9 Å². The fraction of sp³-hybridized carbons (Fsp3) is 0.515. The summed E-state index contributed by atoms with van der Waals surface area (Å²) in [7, 11) is 0. The molecule has 0 aliphatic heterocycles. The number of hydrogen-bond acceptors (Lipinski definition) is 8. The molecule has 0 saturated carbocycles. The molecule has 0 radical (unpaired) electrons. The number of esters is 1. The summed E-state index contributed by atoms with van der Waals surface area (Å²) in [6.45, 7) is 13.3. The molecule has 2 aromatic carbocycles. The first-order valence-corrected chi connectivity index (χ1v) is 15.2. The predicted molar refractivity (Wildman–Crippen MR) is 172 cm³/mol. The molecule has 10 nitrogen and oxygen atoms in total. The Morgan fingerprint density at radius 2 is 1.43 bits per heavy atom. The molecule has 0 fully saturated rings. The van der Waals surface area contributed by atoms with Crippen molar-refractivity contribution in [3.8, 4) is 0 Å². The van der Waals surface area contributed by atoms with Gasteiger partial charge in [0.1, 0.15) is 29.3 Å². The van der Waals surface area contributed by atoms with Gasteiger partial charge in [-0.25, -0.2) is 9.59 Å². The fourth-order valence-corrected chi connectivity index (χ4v) is 4.86. The molecule has 0 heterocycles. The molecule has 0 bridgehead atoms. The van der Waals surface area contributed by atoms with Crippen LogP contribution in [0.3, 0.4) is 0 Å². The Kier molecular flexibility index (Phi) is 13.3. The third-order valence-corrected chi connectivity index (χ3v) is 6.57. The molecule has 3 atom stereocenters. The Labute approximate surface area is 266 Å². The van der Waals surface area contributed by atoms with Crippen LogP contribution in [-0.4, -0.2) is 76.1 Å². The van der Waals surface area contributed by atoms with E-state index in [1.807, 2.05) is 50.2 Å². The van der Waals surface area contributed by atoms with Gasteiger partial charge in [-0.05, 0) is 66.5 Å². The number of thiol groups is 1. The summed E-state index contributed by atoms with van der Waals surface area (Å²) in [6, 6.07) is 11.1. The number of amides is 3. The van der Waals surface area contributed by atoms with Crippen LogP contribution in [0.5, 0.6) is 0 Å². The van der Waals surface area contributed by atoms with Crippen LogP contribution in [0.4, 0.5) is 4.79 Å². The molecule has 242 valence electrons. The molecule has 3 unspecified atom stereocenters. The van der Waals surface area contributed by atoms with Crippen molar-refractivity contribution in [3.63, 3.8) is 0 Å². The Balaban J connectivity index is 2.57. The number of alkyl carbamates (subject to hydrolysis) is 1. The van der Waals surface area contributed by atoms with Crippen LogP contribution >= 0.6 is 12.6 Å². The van der Waals surface area contributed by atoms with Gasteiger partial charge in [0.05, 0.1) is 6.61 Å². The Morgan fingerprint density at radius 1 is 0.864 bits per heavy atom. The van der Waals surface area contributed by atoms with E-state index in [1.54, 1.807) is 53.7 Å². The molecule has 0 aliphatic rings. The molecule has 2 aromatic rings. The van der Waals surface area contributed by atoms with Crippen LogP contribution in [-0.2, 0) is 30.3 Å². The van der Waals surface area contributed by atoms with E-state index in [0.29, 0.717) is 5.56 Å². The average Bonchev–Trinajstić information content (AvgIpc) is 2.89. The third-order valence-electron chi connectivity index (χ3n) is 6.21. The predicted octanol–water partition coefficient (Wildman–Crippen LogP) is 4.06. The van der Waals surface area contributed by atoms with Crippen LogP contribution < -0.4 is 10.6 Å². The number of aryl methyl sites for hydroxylation is 2.